The van der Waals surface area contributed by atoms with E-state index in [1.807, 2.05) is 6.92 Å². The third-order valence-corrected chi connectivity index (χ3v) is 4.10. The van der Waals surface area contributed by atoms with Crippen molar-refractivity contribution in [2.75, 3.05) is 24.6 Å². The summed E-state index contributed by atoms with van der Waals surface area (Å²) in [5.41, 5.74) is 1.12. The summed E-state index contributed by atoms with van der Waals surface area (Å²) in [7, 11) is 0. The van der Waals surface area contributed by atoms with Crippen LogP contribution in [0.4, 0.5) is 18.9 Å². The van der Waals surface area contributed by atoms with E-state index in [1.54, 1.807) is 23.1 Å². The van der Waals surface area contributed by atoms with Crippen LogP contribution in [0.2, 0.25) is 0 Å². The number of hydrogen-bond acceptors (Lipinski definition) is 3. The lowest BCUT2D eigenvalue weighted by atomic mass is 9.94. The Balaban J connectivity index is 2.21. The molecule has 128 valence electrons. The van der Waals surface area contributed by atoms with E-state index >= 15 is 0 Å². The van der Waals surface area contributed by atoms with Gasteiger partial charge in [-0.1, -0.05) is 12.1 Å². The molecule has 0 amide bonds. The summed E-state index contributed by atoms with van der Waals surface area (Å²) >= 11 is 0. The van der Waals surface area contributed by atoms with Gasteiger partial charge in [0.15, 0.2) is 0 Å². The summed E-state index contributed by atoms with van der Waals surface area (Å²) in [4.78, 5) is 13.3. The lowest BCUT2D eigenvalue weighted by molar-refractivity contribution is -0.179. The molecule has 1 aliphatic heterocycles. The second kappa shape index (κ2) is 7.21. The van der Waals surface area contributed by atoms with Gasteiger partial charge in [-0.3, -0.25) is 0 Å². The lowest BCUT2D eigenvalue weighted by Gasteiger charge is -2.35. The highest BCUT2D eigenvalue weighted by molar-refractivity contribution is 5.96. The highest BCUT2D eigenvalue weighted by atomic mass is 19.4. The SMILES string of the molecule is CCOCc1cccc(N2CCC(C(F)(F)F)CC2)c1C(=O)O. The first kappa shape index (κ1) is 17.6. The molecular formula is C16H20F3NO3. The molecule has 0 radical (unpaired) electrons. The van der Waals surface area contributed by atoms with Crippen molar-refractivity contribution in [1.29, 1.82) is 0 Å². The van der Waals surface area contributed by atoms with E-state index in [4.69, 9.17) is 4.74 Å². The Kier molecular flexibility index (Phi) is 5.51. The Morgan fingerprint density at radius 1 is 1.35 bits per heavy atom. The number of carboxylic acid groups (broad SMARTS) is 1. The first-order valence-corrected chi connectivity index (χ1v) is 7.59. The molecule has 0 bridgehead atoms. The molecule has 0 aliphatic carbocycles. The third-order valence-electron chi connectivity index (χ3n) is 4.10. The third kappa shape index (κ3) is 4.16. The summed E-state index contributed by atoms with van der Waals surface area (Å²) in [5, 5.41) is 9.50. The summed E-state index contributed by atoms with van der Waals surface area (Å²) in [6.45, 7) is 2.84. The lowest BCUT2D eigenvalue weighted by Crippen LogP contribution is -2.39. The smallest absolute Gasteiger partial charge is 0.391 e. The second-order valence-electron chi connectivity index (χ2n) is 5.56. The number of carboxylic acids is 1. The molecule has 0 unspecified atom stereocenters. The van der Waals surface area contributed by atoms with Crippen molar-refractivity contribution in [3.05, 3.63) is 29.3 Å². The Morgan fingerprint density at radius 3 is 2.52 bits per heavy atom. The minimum Gasteiger partial charge on any atom is -0.478 e. The van der Waals surface area contributed by atoms with E-state index in [2.05, 4.69) is 0 Å². The van der Waals surface area contributed by atoms with E-state index in [0.29, 0.717) is 17.9 Å². The minimum atomic E-state index is -4.18. The average molecular weight is 331 g/mol. The molecule has 7 heteroatoms. The van der Waals surface area contributed by atoms with Crippen molar-refractivity contribution in [2.24, 2.45) is 5.92 Å². The molecule has 1 aliphatic rings. The molecule has 0 atom stereocenters. The molecule has 2 rings (SSSR count). The van der Waals surface area contributed by atoms with Gasteiger partial charge in [0, 0.05) is 19.7 Å². The number of carbonyl (C=O) groups is 1. The van der Waals surface area contributed by atoms with Crippen LogP contribution in [0.15, 0.2) is 18.2 Å². The zero-order valence-electron chi connectivity index (χ0n) is 12.9. The molecule has 23 heavy (non-hydrogen) atoms. The average Bonchev–Trinajstić information content (AvgIpc) is 2.51. The van der Waals surface area contributed by atoms with Crippen molar-refractivity contribution < 1.29 is 27.8 Å². The van der Waals surface area contributed by atoms with Crippen LogP contribution in [0.1, 0.15) is 35.7 Å². The van der Waals surface area contributed by atoms with Crippen LogP contribution in [0.3, 0.4) is 0 Å². The standard InChI is InChI=1S/C16H20F3NO3/c1-2-23-10-11-4-3-5-13(14(11)15(21)22)20-8-6-12(7-9-20)16(17,18)19/h3-5,12H,2,6-10H2,1H3,(H,21,22). The predicted molar refractivity (Wildman–Crippen MR) is 79.7 cm³/mol. The molecule has 1 N–H and O–H groups in total. The summed E-state index contributed by atoms with van der Waals surface area (Å²) < 4.78 is 43.5. The van der Waals surface area contributed by atoms with Crippen molar-refractivity contribution in [2.45, 2.75) is 32.5 Å². The number of hydrogen-bond donors (Lipinski definition) is 1. The van der Waals surface area contributed by atoms with Crippen LogP contribution in [-0.4, -0.2) is 36.9 Å². The maximum Gasteiger partial charge on any atom is 0.391 e. The van der Waals surface area contributed by atoms with Gasteiger partial charge in [-0.2, -0.15) is 13.2 Å². The molecule has 1 aromatic rings. The molecule has 1 saturated heterocycles. The fraction of sp³-hybridized carbons (Fsp3) is 0.562. The largest absolute Gasteiger partial charge is 0.478 e. The fourth-order valence-electron chi connectivity index (χ4n) is 2.88. The fourth-order valence-corrected chi connectivity index (χ4v) is 2.88. The zero-order chi connectivity index (χ0) is 17.0. The number of halogens is 3. The Labute approximate surface area is 132 Å². The van der Waals surface area contributed by atoms with E-state index in [0.717, 1.165) is 0 Å². The Hall–Kier alpha value is -1.76. The summed E-state index contributed by atoms with van der Waals surface area (Å²) in [5.74, 6) is -2.40. The van der Waals surface area contributed by atoms with Crippen LogP contribution >= 0.6 is 0 Å². The molecule has 0 aromatic heterocycles. The number of anilines is 1. The normalized spacial score (nSPS) is 16.6. The van der Waals surface area contributed by atoms with Crippen LogP contribution in [0.5, 0.6) is 0 Å². The maximum atomic E-state index is 12.8. The molecule has 4 nitrogen and oxygen atoms in total. The highest BCUT2D eigenvalue weighted by Gasteiger charge is 2.41. The van der Waals surface area contributed by atoms with Gasteiger partial charge in [-0.05, 0) is 31.4 Å². The Bertz CT molecular complexity index is 552. The van der Waals surface area contributed by atoms with Crippen molar-refractivity contribution in [3.8, 4) is 0 Å². The van der Waals surface area contributed by atoms with E-state index in [-0.39, 0.29) is 38.1 Å². The number of aromatic carboxylic acids is 1. The highest BCUT2D eigenvalue weighted by Crippen LogP contribution is 2.36. The number of benzene rings is 1. The quantitative estimate of drug-likeness (QED) is 0.894. The van der Waals surface area contributed by atoms with Crippen LogP contribution in [-0.2, 0) is 11.3 Å². The van der Waals surface area contributed by atoms with E-state index in [1.165, 1.54) is 0 Å². The molecule has 1 aromatic carbocycles. The number of nitrogens with zero attached hydrogens (tertiary/aromatic N) is 1. The topological polar surface area (TPSA) is 49.8 Å². The zero-order valence-corrected chi connectivity index (χ0v) is 12.9. The van der Waals surface area contributed by atoms with Gasteiger partial charge in [-0.15, -0.1) is 0 Å². The summed E-state index contributed by atoms with van der Waals surface area (Å²) in [6.07, 6.45) is -4.21. The summed E-state index contributed by atoms with van der Waals surface area (Å²) in [6, 6.07) is 5.03. The van der Waals surface area contributed by atoms with Gasteiger partial charge in [0.1, 0.15) is 0 Å². The molecular weight excluding hydrogens is 311 g/mol. The first-order chi connectivity index (χ1) is 10.8. The molecule has 0 saturated carbocycles. The van der Waals surface area contributed by atoms with Gasteiger partial charge < -0.3 is 14.7 Å². The number of alkyl halides is 3. The molecule has 1 heterocycles. The van der Waals surface area contributed by atoms with Gasteiger partial charge in [0.25, 0.3) is 0 Å². The maximum absolute atomic E-state index is 12.8. The van der Waals surface area contributed by atoms with E-state index in [9.17, 15) is 23.1 Å². The van der Waals surface area contributed by atoms with Gasteiger partial charge in [0.2, 0.25) is 0 Å². The number of piperidine rings is 1. The predicted octanol–water partition coefficient (Wildman–Crippen LogP) is 3.70. The van der Waals surface area contributed by atoms with Crippen molar-refractivity contribution >= 4 is 11.7 Å². The van der Waals surface area contributed by atoms with Crippen LogP contribution < -0.4 is 4.90 Å². The second-order valence-corrected chi connectivity index (χ2v) is 5.56. The number of rotatable bonds is 5. The van der Waals surface area contributed by atoms with E-state index < -0.39 is 18.1 Å². The van der Waals surface area contributed by atoms with Crippen molar-refractivity contribution in [3.63, 3.8) is 0 Å². The van der Waals surface area contributed by atoms with Gasteiger partial charge in [-0.25, -0.2) is 4.79 Å². The first-order valence-electron chi connectivity index (χ1n) is 7.59. The Morgan fingerprint density at radius 2 is 2.00 bits per heavy atom. The molecule has 1 fully saturated rings. The molecule has 0 spiro atoms. The minimum absolute atomic E-state index is 0.0156. The van der Waals surface area contributed by atoms with Gasteiger partial charge in [0.05, 0.1) is 23.8 Å². The van der Waals surface area contributed by atoms with Crippen molar-refractivity contribution in [1.82, 2.24) is 0 Å². The van der Waals surface area contributed by atoms with Gasteiger partial charge >= 0.3 is 12.1 Å². The van der Waals surface area contributed by atoms with Crippen LogP contribution in [0.25, 0.3) is 0 Å². The number of ether oxygens (including phenoxy) is 1. The monoisotopic (exact) mass is 331 g/mol. The van der Waals surface area contributed by atoms with Crippen LogP contribution in [0, 0.1) is 5.92 Å².